The van der Waals surface area contributed by atoms with Gasteiger partial charge >= 0.3 is 0 Å². The van der Waals surface area contributed by atoms with Crippen LogP contribution in [0, 0.1) is 6.92 Å². The van der Waals surface area contributed by atoms with Gasteiger partial charge in [0.1, 0.15) is 5.52 Å². The molecule has 6 nitrogen and oxygen atoms in total. The fourth-order valence-corrected chi connectivity index (χ4v) is 4.60. The van der Waals surface area contributed by atoms with Gasteiger partial charge in [0, 0.05) is 17.8 Å². The number of fused-ring (bicyclic) bond motifs is 2. The molecular weight excluding hydrogens is 408 g/mol. The molecule has 0 saturated carbocycles. The second kappa shape index (κ2) is 7.45. The summed E-state index contributed by atoms with van der Waals surface area (Å²) in [5.74, 6) is 0.173. The molecule has 1 N–H and O–H groups in total. The summed E-state index contributed by atoms with van der Waals surface area (Å²) in [6, 6.07) is 22.0. The van der Waals surface area contributed by atoms with E-state index in [-0.39, 0.29) is 10.7 Å². The first-order valence-corrected chi connectivity index (χ1v) is 11.2. The maximum atomic E-state index is 13.2. The van der Waals surface area contributed by atoms with Crippen molar-refractivity contribution in [3.05, 3.63) is 90.8 Å². The lowest BCUT2D eigenvalue weighted by atomic mass is 10.1. The van der Waals surface area contributed by atoms with Crippen LogP contribution < -0.4 is 4.72 Å². The molecule has 5 aromatic rings. The van der Waals surface area contributed by atoms with Gasteiger partial charge in [-0.25, -0.2) is 13.4 Å². The zero-order valence-electron chi connectivity index (χ0n) is 16.6. The quantitative estimate of drug-likeness (QED) is 0.439. The number of aromatic nitrogens is 3. The molecule has 0 fully saturated rings. The lowest BCUT2D eigenvalue weighted by molar-refractivity contribution is 0.601. The third-order valence-electron chi connectivity index (χ3n) is 5.10. The number of aryl methyl sites for hydroxylation is 1. The SMILES string of the molecule is Cc1cccnc1-c1cc2cccnc2c(NS(=O)(=O)c2ccc3ccccc3c2)n1. The first-order chi connectivity index (χ1) is 15.0. The summed E-state index contributed by atoms with van der Waals surface area (Å²) in [6.07, 6.45) is 3.31. The number of benzene rings is 2. The van der Waals surface area contributed by atoms with Gasteiger partial charge in [-0.2, -0.15) is 0 Å². The minimum atomic E-state index is -3.88. The summed E-state index contributed by atoms with van der Waals surface area (Å²) >= 11 is 0. The van der Waals surface area contributed by atoms with Gasteiger partial charge in [-0.1, -0.05) is 42.5 Å². The summed E-state index contributed by atoms with van der Waals surface area (Å²) < 4.78 is 29.1. The number of pyridine rings is 3. The van der Waals surface area contributed by atoms with Crippen LogP contribution in [0.25, 0.3) is 33.1 Å². The second-order valence-corrected chi connectivity index (χ2v) is 8.90. The van der Waals surface area contributed by atoms with E-state index in [9.17, 15) is 8.42 Å². The van der Waals surface area contributed by atoms with Gasteiger partial charge in [0.15, 0.2) is 5.82 Å². The van der Waals surface area contributed by atoms with Crippen LogP contribution in [0.4, 0.5) is 5.82 Å². The molecule has 31 heavy (non-hydrogen) atoms. The molecule has 0 bridgehead atoms. The highest BCUT2D eigenvalue weighted by atomic mass is 32.2. The predicted molar refractivity (Wildman–Crippen MR) is 122 cm³/mol. The molecule has 5 rings (SSSR count). The Balaban J connectivity index is 1.64. The first-order valence-electron chi connectivity index (χ1n) is 9.71. The molecule has 0 aliphatic carbocycles. The molecule has 0 atom stereocenters. The van der Waals surface area contributed by atoms with Gasteiger partial charge in [-0.15, -0.1) is 0 Å². The summed E-state index contributed by atoms with van der Waals surface area (Å²) in [6.45, 7) is 1.94. The second-order valence-electron chi connectivity index (χ2n) is 7.21. The summed E-state index contributed by atoms with van der Waals surface area (Å²) in [5, 5.41) is 2.59. The Bertz CT molecular complexity index is 1550. The molecule has 152 valence electrons. The third kappa shape index (κ3) is 3.60. The molecule has 0 unspecified atom stereocenters. The zero-order valence-corrected chi connectivity index (χ0v) is 17.5. The van der Waals surface area contributed by atoms with E-state index in [4.69, 9.17) is 0 Å². The Morgan fingerprint density at radius 2 is 1.52 bits per heavy atom. The number of nitrogens with zero attached hydrogens (tertiary/aromatic N) is 3. The maximum absolute atomic E-state index is 13.2. The lowest BCUT2D eigenvalue weighted by Gasteiger charge is -2.12. The molecule has 0 spiro atoms. The highest BCUT2D eigenvalue weighted by Gasteiger charge is 2.19. The highest BCUT2D eigenvalue weighted by Crippen LogP contribution is 2.29. The van der Waals surface area contributed by atoms with Crippen LogP contribution in [0.15, 0.2) is 90.1 Å². The summed E-state index contributed by atoms with van der Waals surface area (Å²) in [5.41, 5.74) is 2.69. The molecule has 3 heterocycles. The molecule has 0 aliphatic heterocycles. The van der Waals surface area contributed by atoms with Crippen LogP contribution in [0.3, 0.4) is 0 Å². The number of hydrogen-bond donors (Lipinski definition) is 1. The van der Waals surface area contributed by atoms with Crippen molar-refractivity contribution in [3.8, 4) is 11.4 Å². The molecule has 0 amide bonds. The molecule has 0 saturated heterocycles. The fourth-order valence-electron chi connectivity index (χ4n) is 3.55. The van der Waals surface area contributed by atoms with E-state index in [1.165, 1.54) is 0 Å². The van der Waals surface area contributed by atoms with E-state index in [0.29, 0.717) is 16.9 Å². The van der Waals surface area contributed by atoms with E-state index in [2.05, 4.69) is 19.7 Å². The van der Waals surface area contributed by atoms with Crippen LogP contribution in [-0.2, 0) is 10.0 Å². The number of nitrogens with one attached hydrogen (secondary N) is 1. The molecule has 7 heteroatoms. The van der Waals surface area contributed by atoms with E-state index in [1.807, 2.05) is 55.5 Å². The normalized spacial score (nSPS) is 11.6. The molecule has 0 radical (unpaired) electrons. The van der Waals surface area contributed by atoms with Crippen molar-refractivity contribution in [3.63, 3.8) is 0 Å². The average Bonchev–Trinajstić information content (AvgIpc) is 2.79. The number of hydrogen-bond acceptors (Lipinski definition) is 5. The third-order valence-corrected chi connectivity index (χ3v) is 6.44. The number of rotatable bonds is 4. The van der Waals surface area contributed by atoms with Gasteiger partial charge in [0.05, 0.1) is 16.3 Å². The average molecular weight is 427 g/mol. The minimum Gasteiger partial charge on any atom is -0.262 e. The van der Waals surface area contributed by atoms with Crippen molar-refractivity contribution in [2.75, 3.05) is 4.72 Å². The first kappa shape index (κ1) is 19.1. The fraction of sp³-hybridized carbons (Fsp3) is 0.0417. The van der Waals surface area contributed by atoms with Crippen molar-refractivity contribution in [1.82, 2.24) is 15.0 Å². The van der Waals surface area contributed by atoms with Gasteiger partial charge in [0.25, 0.3) is 10.0 Å². The topological polar surface area (TPSA) is 84.8 Å². The summed E-state index contributed by atoms with van der Waals surface area (Å²) in [4.78, 5) is 13.5. The van der Waals surface area contributed by atoms with Gasteiger partial charge in [-0.3, -0.25) is 14.7 Å². The van der Waals surface area contributed by atoms with Gasteiger partial charge < -0.3 is 0 Å². The van der Waals surface area contributed by atoms with E-state index < -0.39 is 10.0 Å². The Hall–Kier alpha value is -3.84. The van der Waals surface area contributed by atoms with E-state index in [1.54, 1.807) is 36.7 Å². The van der Waals surface area contributed by atoms with Gasteiger partial charge in [-0.05, 0) is 53.6 Å². The van der Waals surface area contributed by atoms with Crippen molar-refractivity contribution in [2.24, 2.45) is 0 Å². The standard InChI is InChI=1S/C24H18N4O2S/c1-16-6-4-12-25-22(16)21-15-19-9-5-13-26-23(19)24(27-21)28-31(29,30)20-11-10-17-7-2-3-8-18(17)14-20/h2-15H,1H3,(H,27,28). The monoisotopic (exact) mass is 426 g/mol. The van der Waals surface area contributed by atoms with Crippen LogP contribution in [0.5, 0.6) is 0 Å². The van der Waals surface area contributed by atoms with Crippen LogP contribution in [-0.4, -0.2) is 23.4 Å². The Morgan fingerprint density at radius 3 is 2.35 bits per heavy atom. The Kier molecular flexibility index (Phi) is 4.60. The van der Waals surface area contributed by atoms with Crippen molar-refractivity contribution >= 4 is 37.5 Å². The van der Waals surface area contributed by atoms with Crippen LogP contribution in [0.1, 0.15) is 5.56 Å². The molecule has 0 aliphatic rings. The maximum Gasteiger partial charge on any atom is 0.263 e. The minimum absolute atomic E-state index is 0.163. The molecule has 2 aromatic carbocycles. The lowest BCUT2D eigenvalue weighted by Crippen LogP contribution is -2.15. The predicted octanol–water partition coefficient (Wildman–Crippen LogP) is 4.95. The van der Waals surface area contributed by atoms with E-state index >= 15 is 0 Å². The number of sulfonamides is 1. The number of anilines is 1. The van der Waals surface area contributed by atoms with Crippen molar-refractivity contribution in [2.45, 2.75) is 11.8 Å². The highest BCUT2D eigenvalue weighted by molar-refractivity contribution is 7.92. The zero-order chi connectivity index (χ0) is 21.4. The molecule has 3 aromatic heterocycles. The van der Waals surface area contributed by atoms with Crippen molar-refractivity contribution < 1.29 is 8.42 Å². The smallest absolute Gasteiger partial charge is 0.262 e. The Labute approximate surface area is 179 Å². The van der Waals surface area contributed by atoms with Crippen molar-refractivity contribution in [1.29, 1.82) is 0 Å². The summed E-state index contributed by atoms with van der Waals surface area (Å²) in [7, 11) is -3.88. The Morgan fingerprint density at radius 1 is 0.774 bits per heavy atom. The van der Waals surface area contributed by atoms with Gasteiger partial charge in [0.2, 0.25) is 0 Å². The van der Waals surface area contributed by atoms with Crippen LogP contribution >= 0.6 is 0 Å². The van der Waals surface area contributed by atoms with Crippen LogP contribution in [0.2, 0.25) is 0 Å². The largest absolute Gasteiger partial charge is 0.263 e. The molecular formula is C24H18N4O2S. The van der Waals surface area contributed by atoms with E-state index in [0.717, 1.165) is 21.7 Å².